The highest BCUT2D eigenvalue weighted by atomic mass is 16.3. The summed E-state index contributed by atoms with van der Waals surface area (Å²) in [7, 11) is 0. The molecule has 0 radical (unpaired) electrons. The first-order valence-corrected chi connectivity index (χ1v) is 6.88. The van der Waals surface area contributed by atoms with Gasteiger partial charge in [0.15, 0.2) is 0 Å². The molecular weight excluding hydrogens is 252 g/mol. The monoisotopic (exact) mass is 272 g/mol. The van der Waals surface area contributed by atoms with Gasteiger partial charge in [0.2, 0.25) is 0 Å². The zero-order valence-corrected chi connectivity index (χ0v) is 11.7. The summed E-state index contributed by atoms with van der Waals surface area (Å²) in [6.07, 6.45) is 0.941. The number of rotatable bonds is 2. The number of carbonyl (C=O) groups is 1. The lowest BCUT2D eigenvalue weighted by Crippen LogP contribution is -2.39. The maximum Gasteiger partial charge on any atom is 0.254 e. The van der Waals surface area contributed by atoms with Gasteiger partial charge in [-0.1, -0.05) is 18.8 Å². The molecule has 2 unspecified atom stereocenters. The van der Waals surface area contributed by atoms with Crippen LogP contribution in [0.5, 0.6) is 0 Å². The van der Waals surface area contributed by atoms with Crippen molar-refractivity contribution in [2.24, 2.45) is 11.7 Å². The highest BCUT2D eigenvalue weighted by Crippen LogP contribution is 2.25. The third kappa shape index (κ3) is 3.01. The third-order valence-corrected chi connectivity index (χ3v) is 3.80. The highest BCUT2D eigenvalue weighted by molar-refractivity contribution is 5.94. The van der Waals surface area contributed by atoms with Gasteiger partial charge in [0.05, 0.1) is 19.2 Å². The Morgan fingerprint density at radius 2 is 2.15 bits per heavy atom. The summed E-state index contributed by atoms with van der Waals surface area (Å²) in [6.45, 7) is 3.12. The van der Waals surface area contributed by atoms with E-state index in [1.807, 2.05) is 12.1 Å². The molecule has 0 saturated carbocycles. The van der Waals surface area contributed by atoms with Gasteiger partial charge in [0.1, 0.15) is 0 Å². The molecule has 0 spiro atoms. The Labute approximate surface area is 119 Å². The van der Waals surface area contributed by atoms with Crippen molar-refractivity contribution in [1.82, 2.24) is 4.90 Å². The fourth-order valence-corrected chi connectivity index (χ4v) is 2.55. The number of aliphatic hydroxyl groups is 1. The van der Waals surface area contributed by atoms with E-state index in [-0.39, 0.29) is 18.6 Å². The van der Waals surface area contributed by atoms with Crippen molar-refractivity contribution in [2.75, 3.05) is 19.7 Å². The molecular formula is C16H20N2O2. The Morgan fingerprint density at radius 1 is 1.45 bits per heavy atom. The molecule has 1 aromatic carbocycles. The maximum absolute atomic E-state index is 12.4. The molecule has 1 saturated heterocycles. The molecule has 1 aromatic rings. The van der Waals surface area contributed by atoms with Gasteiger partial charge in [-0.2, -0.15) is 0 Å². The van der Waals surface area contributed by atoms with Crippen LogP contribution in [0.25, 0.3) is 0 Å². The minimum Gasteiger partial charge on any atom is -0.394 e. The van der Waals surface area contributed by atoms with Crippen LogP contribution in [0, 0.1) is 17.8 Å². The fourth-order valence-electron chi connectivity index (χ4n) is 2.55. The molecule has 0 aromatic heterocycles. The molecule has 0 bridgehead atoms. The van der Waals surface area contributed by atoms with Crippen molar-refractivity contribution in [1.29, 1.82) is 0 Å². The van der Waals surface area contributed by atoms with Crippen molar-refractivity contribution in [2.45, 2.75) is 19.4 Å². The molecule has 20 heavy (non-hydrogen) atoms. The van der Waals surface area contributed by atoms with Gasteiger partial charge in [-0.3, -0.25) is 4.79 Å². The normalized spacial score (nSPS) is 21.4. The molecule has 106 valence electrons. The van der Waals surface area contributed by atoms with Gasteiger partial charge in [-0.25, -0.2) is 0 Å². The number of nitrogens with two attached hydrogens (primary N) is 1. The SMILES string of the molecule is CC1CCN(C(=O)c2ccc(C#CCN)cc2)C1CO. The van der Waals surface area contributed by atoms with Gasteiger partial charge in [-0.05, 0) is 36.6 Å². The van der Waals surface area contributed by atoms with E-state index in [1.165, 1.54) is 0 Å². The second-order valence-corrected chi connectivity index (χ2v) is 5.10. The largest absolute Gasteiger partial charge is 0.394 e. The van der Waals surface area contributed by atoms with Gasteiger partial charge >= 0.3 is 0 Å². The minimum absolute atomic E-state index is 0.0208. The molecule has 1 aliphatic heterocycles. The number of benzene rings is 1. The molecule has 4 nitrogen and oxygen atoms in total. The standard InChI is InChI=1S/C16H20N2O2/c1-12-8-10-18(15(12)11-19)16(20)14-6-4-13(5-7-14)3-2-9-17/h4-7,12,15,19H,8-11,17H2,1H3. The Balaban J connectivity index is 2.13. The van der Waals surface area contributed by atoms with Gasteiger partial charge in [-0.15, -0.1) is 0 Å². The Kier molecular flexibility index (Phi) is 4.78. The highest BCUT2D eigenvalue weighted by Gasteiger charge is 2.34. The van der Waals surface area contributed by atoms with Crippen LogP contribution in [0.15, 0.2) is 24.3 Å². The molecule has 1 heterocycles. The molecule has 1 fully saturated rings. The lowest BCUT2D eigenvalue weighted by Gasteiger charge is -2.25. The van der Waals surface area contributed by atoms with Crippen LogP contribution in [0.1, 0.15) is 29.3 Å². The summed E-state index contributed by atoms with van der Waals surface area (Å²) >= 11 is 0. The lowest BCUT2D eigenvalue weighted by atomic mass is 10.0. The van der Waals surface area contributed by atoms with Crippen LogP contribution in [-0.2, 0) is 0 Å². The second kappa shape index (κ2) is 6.56. The number of nitrogens with zero attached hydrogens (tertiary/aromatic N) is 1. The van der Waals surface area contributed by atoms with Crippen molar-refractivity contribution in [3.63, 3.8) is 0 Å². The van der Waals surface area contributed by atoms with E-state index in [2.05, 4.69) is 18.8 Å². The Hall–Kier alpha value is -1.83. The Morgan fingerprint density at radius 3 is 2.75 bits per heavy atom. The van der Waals surface area contributed by atoms with Crippen LogP contribution in [-0.4, -0.2) is 41.7 Å². The van der Waals surface area contributed by atoms with Gasteiger partial charge < -0.3 is 15.7 Å². The van der Waals surface area contributed by atoms with E-state index in [0.29, 0.717) is 24.6 Å². The zero-order chi connectivity index (χ0) is 14.5. The quantitative estimate of drug-likeness (QED) is 0.784. The second-order valence-electron chi connectivity index (χ2n) is 5.10. The average molecular weight is 272 g/mol. The summed E-state index contributed by atoms with van der Waals surface area (Å²) in [5.41, 5.74) is 6.81. The first-order valence-electron chi connectivity index (χ1n) is 6.88. The fraction of sp³-hybridized carbons (Fsp3) is 0.438. The Bertz CT molecular complexity index is 528. The summed E-state index contributed by atoms with van der Waals surface area (Å²) in [6, 6.07) is 7.13. The molecule has 1 aliphatic rings. The van der Waals surface area contributed by atoms with Crippen LogP contribution in [0.2, 0.25) is 0 Å². The molecule has 0 aliphatic carbocycles. The summed E-state index contributed by atoms with van der Waals surface area (Å²) < 4.78 is 0. The van der Waals surface area contributed by atoms with Crippen LogP contribution in [0.4, 0.5) is 0 Å². The van der Waals surface area contributed by atoms with Crippen LogP contribution < -0.4 is 5.73 Å². The summed E-state index contributed by atoms with van der Waals surface area (Å²) in [4.78, 5) is 14.2. The molecule has 2 atom stereocenters. The number of carbonyl (C=O) groups excluding carboxylic acids is 1. The molecule has 4 heteroatoms. The smallest absolute Gasteiger partial charge is 0.254 e. The maximum atomic E-state index is 12.4. The zero-order valence-electron chi connectivity index (χ0n) is 11.7. The van der Waals surface area contributed by atoms with Crippen molar-refractivity contribution in [3.05, 3.63) is 35.4 Å². The van der Waals surface area contributed by atoms with Crippen LogP contribution in [0.3, 0.4) is 0 Å². The number of aliphatic hydroxyl groups excluding tert-OH is 1. The van der Waals surface area contributed by atoms with Crippen molar-refractivity contribution < 1.29 is 9.90 Å². The van der Waals surface area contributed by atoms with E-state index in [1.54, 1.807) is 17.0 Å². The van der Waals surface area contributed by atoms with E-state index in [0.717, 1.165) is 12.0 Å². The molecule has 2 rings (SSSR count). The molecule has 3 N–H and O–H groups in total. The van der Waals surface area contributed by atoms with Gasteiger partial charge in [0.25, 0.3) is 5.91 Å². The van der Waals surface area contributed by atoms with Crippen molar-refractivity contribution >= 4 is 5.91 Å². The molecule has 1 amide bonds. The van der Waals surface area contributed by atoms with E-state index >= 15 is 0 Å². The number of hydrogen-bond donors (Lipinski definition) is 2. The topological polar surface area (TPSA) is 66.6 Å². The minimum atomic E-state index is -0.0702. The van der Waals surface area contributed by atoms with E-state index in [4.69, 9.17) is 5.73 Å². The number of likely N-dealkylation sites (tertiary alicyclic amines) is 1. The van der Waals surface area contributed by atoms with Crippen LogP contribution >= 0.6 is 0 Å². The first-order chi connectivity index (χ1) is 9.67. The lowest BCUT2D eigenvalue weighted by molar-refractivity contribution is 0.0648. The third-order valence-electron chi connectivity index (χ3n) is 3.80. The predicted octanol–water partition coefficient (Wildman–Crippen LogP) is 0.840. The van der Waals surface area contributed by atoms with E-state index < -0.39 is 0 Å². The number of amides is 1. The number of hydrogen-bond acceptors (Lipinski definition) is 3. The first kappa shape index (κ1) is 14.6. The van der Waals surface area contributed by atoms with Gasteiger partial charge in [0, 0.05) is 17.7 Å². The van der Waals surface area contributed by atoms with E-state index in [9.17, 15) is 9.90 Å². The average Bonchev–Trinajstić information content (AvgIpc) is 2.85. The van der Waals surface area contributed by atoms with Crippen molar-refractivity contribution in [3.8, 4) is 11.8 Å². The summed E-state index contributed by atoms with van der Waals surface area (Å²) in [5.74, 6) is 6.03. The predicted molar refractivity (Wildman–Crippen MR) is 78.1 cm³/mol. The summed E-state index contributed by atoms with van der Waals surface area (Å²) in [5, 5.41) is 9.42.